The quantitative estimate of drug-likeness (QED) is 0.819. The lowest BCUT2D eigenvalue weighted by Crippen LogP contribution is -2.34. The molecule has 1 amide bonds. The second kappa shape index (κ2) is 4.16. The van der Waals surface area contributed by atoms with Crippen molar-refractivity contribution in [3.63, 3.8) is 0 Å². The summed E-state index contributed by atoms with van der Waals surface area (Å²) in [4.78, 5) is 11.8. The molecular weight excluding hydrogens is 202 g/mol. The number of carbonyl (C=O) groups is 1. The minimum atomic E-state index is -0.183. The Hall–Kier alpha value is -1.51. The van der Waals surface area contributed by atoms with Crippen molar-refractivity contribution in [2.75, 3.05) is 0 Å². The molecule has 1 fully saturated rings. The average molecular weight is 219 g/mol. The van der Waals surface area contributed by atoms with E-state index in [0.29, 0.717) is 11.5 Å². The summed E-state index contributed by atoms with van der Waals surface area (Å²) < 4.78 is 0. The number of aryl methyl sites for hydroxylation is 1. The molecular formula is C13H17NO2. The van der Waals surface area contributed by atoms with Crippen LogP contribution in [0.15, 0.2) is 18.2 Å². The number of rotatable bonds is 3. The number of phenols is 1. The Bertz CT molecular complexity index is 410. The van der Waals surface area contributed by atoms with Crippen LogP contribution < -0.4 is 5.32 Å². The van der Waals surface area contributed by atoms with Crippen molar-refractivity contribution in [2.24, 2.45) is 5.92 Å². The molecule has 0 bridgehead atoms. The minimum absolute atomic E-state index is 0.0560. The van der Waals surface area contributed by atoms with Gasteiger partial charge in [0.25, 0.3) is 5.91 Å². The van der Waals surface area contributed by atoms with Crippen LogP contribution in [0.3, 0.4) is 0 Å². The fraction of sp³-hybridized carbons (Fsp3) is 0.462. The van der Waals surface area contributed by atoms with Crippen LogP contribution in [-0.2, 0) is 0 Å². The van der Waals surface area contributed by atoms with Gasteiger partial charge in [0.15, 0.2) is 0 Å². The van der Waals surface area contributed by atoms with Gasteiger partial charge in [-0.05, 0) is 50.3 Å². The Morgan fingerprint density at radius 3 is 2.75 bits per heavy atom. The molecule has 1 unspecified atom stereocenters. The summed E-state index contributed by atoms with van der Waals surface area (Å²) in [6.07, 6.45) is 2.39. The summed E-state index contributed by atoms with van der Waals surface area (Å²) in [5, 5.41) is 12.6. The van der Waals surface area contributed by atoms with Crippen molar-refractivity contribution in [3.05, 3.63) is 29.3 Å². The molecule has 86 valence electrons. The van der Waals surface area contributed by atoms with E-state index < -0.39 is 0 Å². The molecule has 2 rings (SSSR count). The number of aromatic hydroxyl groups is 1. The van der Waals surface area contributed by atoms with Crippen molar-refractivity contribution in [1.29, 1.82) is 0 Å². The van der Waals surface area contributed by atoms with E-state index in [4.69, 9.17) is 0 Å². The van der Waals surface area contributed by atoms with Crippen LogP contribution in [0.4, 0.5) is 0 Å². The highest BCUT2D eigenvalue weighted by Crippen LogP contribution is 2.32. The third-order valence-corrected chi connectivity index (χ3v) is 3.09. The summed E-state index contributed by atoms with van der Waals surface area (Å²) in [6, 6.07) is 5.31. The molecule has 1 saturated carbocycles. The van der Waals surface area contributed by atoms with Gasteiger partial charge < -0.3 is 10.4 Å². The third kappa shape index (κ3) is 2.35. The zero-order valence-electron chi connectivity index (χ0n) is 9.66. The predicted molar refractivity (Wildman–Crippen MR) is 62.5 cm³/mol. The van der Waals surface area contributed by atoms with Crippen LogP contribution in [0.25, 0.3) is 0 Å². The van der Waals surface area contributed by atoms with Crippen molar-refractivity contribution in [3.8, 4) is 5.75 Å². The molecule has 0 heterocycles. The van der Waals surface area contributed by atoms with Crippen molar-refractivity contribution in [1.82, 2.24) is 5.32 Å². The molecule has 16 heavy (non-hydrogen) atoms. The molecule has 1 aliphatic carbocycles. The van der Waals surface area contributed by atoms with Crippen LogP contribution >= 0.6 is 0 Å². The van der Waals surface area contributed by atoms with E-state index in [1.807, 2.05) is 19.9 Å². The maximum absolute atomic E-state index is 11.8. The average Bonchev–Trinajstić information content (AvgIpc) is 2.99. The number of benzene rings is 1. The minimum Gasteiger partial charge on any atom is -0.507 e. The van der Waals surface area contributed by atoms with Gasteiger partial charge in [-0.3, -0.25) is 4.79 Å². The number of nitrogens with one attached hydrogen (secondary N) is 1. The Balaban J connectivity index is 2.07. The molecule has 1 atom stereocenters. The second-order valence-electron chi connectivity index (χ2n) is 4.62. The molecule has 1 aromatic rings. The van der Waals surface area contributed by atoms with E-state index in [9.17, 15) is 9.90 Å². The maximum atomic E-state index is 11.8. The van der Waals surface area contributed by atoms with Gasteiger partial charge in [-0.2, -0.15) is 0 Å². The standard InChI is InChI=1S/C13H17NO2/c1-8-3-6-11(12(15)7-8)13(16)14-9(2)10-4-5-10/h3,6-7,9-10,15H,4-5H2,1-2H3,(H,14,16). The fourth-order valence-electron chi connectivity index (χ4n) is 1.83. The van der Waals surface area contributed by atoms with Crippen LogP contribution in [0.1, 0.15) is 35.7 Å². The number of hydrogen-bond donors (Lipinski definition) is 2. The zero-order chi connectivity index (χ0) is 11.7. The van der Waals surface area contributed by atoms with Gasteiger partial charge in [-0.25, -0.2) is 0 Å². The van der Waals surface area contributed by atoms with E-state index in [1.165, 1.54) is 12.8 Å². The molecule has 0 aromatic heterocycles. The molecule has 0 spiro atoms. The second-order valence-corrected chi connectivity index (χ2v) is 4.62. The van der Waals surface area contributed by atoms with E-state index >= 15 is 0 Å². The molecule has 2 N–H and O–H groups in total. The molecule has 3 nitrogen and oxygen atoms in total. The lowest BCUT2D eigenvalue weighted by atomic mass is 10.1. The summed E-state index contributed by atoms with van der Waals surface area (Å²) >= 11 is 0. The summed E-state index contributed by atoms with van der Waals surface area (Å²) in [5.74, 6) is 0.494. The van der Waals surface area contributed by atoms with Crippen molar-refractivity contribution >= 4 is 5.91 Å². The molecule has 0 aliphatic heterocycles. The van der Waals surface area contributed by atoms with Crippen molar-refractivity contribution < 1.29 is 9.90 Å². The molecule has 1 aromatic carbocycles. The van der Waals surface area contributed by atoms with E-state index in [-0.39, 0.29) is 17.7 Å². The number of hydrogen-bond acceptors (Lipinski definition) is 2. The van der Waals surface area contributed by atoms with Crippen LogP contribution in [0.5, 0.6) is 5.75 Å². The topological polar surface area (TPSA) is 49.3 Å². The Kier molecular flexibility index (Phi) is 2.86. The molecule has 1 aliphatic rings. The fourth-order valence-corrected chi connectivity index (χ4v) is 1.83. The monoisotopic (exact) mass is 219 g/mol. The third-order valence-electron chi connectivity index (χ3n) is 3.09. The Morgan fingerprint density at radius 1 is 1.50 bits per heavy atom. The summed E-state index contributed by atoms with van der Waals surface area (Å²) in [6.45, 7) is 3.90. The number of carbonyl (C=O) groups excluding carboxylic acids is 1. The van der Waals surface area contributed by atoms with Gasteiger partial charge in [0.2, 0.25) is 0 Å². The van der Waals surface area contributed by atoms with E-state index in [2.05, 4.69) is 5.32 Å². The van der Waals surface area contributed by atoms with Gasteiger partial charge in [0.1, 0.15) is 5.75 Å². The van der Waals surface area contributed by atoms with Crippen molar-refractivity contribution in [2.45, 2.75) is 32.7 Å². The lowest BCUT2D eigenvalue weighted by molar-refractivity contribution is 0.0933. The van der Waals surface area contributed by atoms with E-state index in [0.717, 1.165) is 5.56 Å². The first-order chi connectivity index (χ1) is 7.58. The van der Waals surface area contributed by atoms with Crippen LogP contribution in [0.2, 0.25) is 0 Å². The van der Waals surface area contributed by atoms with Gasteiger partial charge in [-0.1, -0.05) is 6.07 Å². The Labute approximate surface area is 95.5 Å². The largest absolute Gasteiger partial charge is 0.507 e. The molecule has 3 heteroatoms. The maximum Gasteiger partial charge on any atom is 0.255 e. The highest BCUT2D eigenvalue weighted by molar-refractivity contribution is 5.97. The first kappa shape index (κ1) is 11.0. The smallest absolute Gasteiger partial charge is 0.255 e. The van der Waals surface area contributed by atoms with Crippen LogP contribution in [-0.4, -0.2) is 17.1 Å². The van der Waals surface area contributed by atoms with Gasteiger partial charge in [-0.15, -0.1) is 0 Å². The van der Waals surface area contributed by atoms with Gasteiger partial charge in [0.05, 0.1) is 5.56 Å². The summed E-state index contributed by atoms with van der Waals surface area (Å²) in [7, 11) is 0. The summed E-state index contributed by atoms with van der Waals surface area (Å²) in [5.41, 5.74) is 1.31. The highest BCUT2D eigenvalue weighted by atomic mass is 16.3. The predicted octanol–water partition coefficient (Wildman–Crippen LogP) is 2.23. The zero-order valence-corrected chi connectivity index (χ0v) is 9.66. The SMILES string of the molecule is Cc1ccc(C(=O)NC(C)C2CC2)c(O)c1. The van der Waals surface area contributed by atoms with E-state index in [1.54, 1.807) is 12.1 Å². The Morgan fingerprint density at radius 2 is 2.19 bits per heavy atom. The number of amides is 1. The van der Waals surface area contributed by atoms with Gasteiger partial charge in [0, 0.05) is 6.04 Å². The lowest BCUT2D eigenvalue weighted by Gasteiger charge is -2.13. The first-order valence-corrected chi connectivity index (χ1v) is 5.68. The highest BCUT2D eigenvalue weighted by Gasteiger charge is 2.29. The van der Waals surface area contributed by atoms with Crippen LogP contribution in [0, 0.1) is 12.8 Å². The number of phenolic OH excluding ortho intramolecular Hbond substituents is 1. The normalized spacial score (nSPS) is 16.9. The first-order valence-electron chi connectivity index (χ1n) is 5.68. The molecule has 0 radical (unpaired) electrons. The van der Waals surface area contributed by atoms with Gasteiger partial charge >= 0.3 is 0 Å². The molecule has 0 saturated heterocycles.